The second-order valence-electron chi connectivity index (χ2n) is 5.92. The highest BCUT2D eigenvalue weighted by Crippen LogP contribution is 2.24. The van der Waals surface area contributed by atoms with Gasteiger partial charge in [-0.2, -0.15) is 0 Å². The molecule has 0 saturated heterocycles. The van der Waals surface area contributed by atoms with Gasteiger partial charge in [0.05, 0.1) is 11.7 Å². The lowest BCUT2D eigenvalue weighted by molar-refractivity contribution is 0.0936. The van der Waals surface area contributed by atoms with Gasteiger partial charge < -0.3 is 14.6 Å². The van der Waals surface area contributed by atoms with Crippen LogP contribution < -0.4 is 10.1 Å². The van der Waals surface area contributed by atoms with Crippen LogP contribution in [0.2, 0.25) is 0 Å². The van der Waals surface area contributed by atoms with Crippen LogP contribution in [0.3, 0.4) is 0 Å². The lowest BCUT2D eigenvalue weighted by atomic mass is 10.0. The summed E-state index contributed by atoms with van der Waals surface area (Å²) in [4.78, 5) is 12.6. The first-order valence-electron chi connectivity index (χ1n) is 7.87. The molecule has 24 heavy (non-hydrogen) atoms. The van der Waals surface area contributed by atoms with Crippen molar-refractivity contribution in [3.63, 3.8) is 0 Å². The number of aromatic nitrogens is 1. The number of carbonyl (C=O) groups excluding carboxylic acids is 1. The number of nitrogens with zero attached hydrogens (tertiary/aromatic N) is 1. The van der Waals surface area contributed by atoms with Crippen LogP contribution in [0.5, 0.6) is 5.75 Å². The number of amides is 1. The van der Waals surface area contributed by atoms with Gasteiger partial charge in [-0.25, -0.2) is 0 Å². The average Bonchev–Trinajstić information content (AvgIpc) is 2.95. The normalized spacial score (nSPS) is 11.8. The maximum absolute atomic E-state index is 12.6. The summed E-state index contributed by atoms with van der Waals surface area (Å²) in [6, 6.07) is 7.30. The average molecular weight is 326 g/mol. The Bertz CT molecular complexity index is 756. The predicted molar refractivity (Wildman–Crippen MR) is 92.0 cm³/mol. The van der Waals surface area contributed by atoms with Gasteiger partial charge in [-0.15, -0.1) is 6.42 Å². The summed E-state index contributed by atoms with van der Waals surface area (Å²) in [6.07, 6.45) is 5.20. The van der Waals surface area contributed by atoms with Gasteiger partial charge in [0, 0.05) is 5.92 Å². The quantitative estimate of drug-likeness (QED) is 0.824. The topological polar surface area (TPSA) is 64.4 Å². The molecule has 1 aromatic carbocycles. The van der Waals surface area contributed by atoms with Gasteiger partial charge in [-0.3, -0.25) is 4.79 Å². The molecular formula is C19H22N2O3. The molecule has 1 aromatic heterocycles. The minimum Gasteiger partial charge on any atom is -0.481 e. The lowest BCUT2D eigenvalue weighted by Crippen LogP contribution is -2.27. The van der Waals surface area contributed by atoms with Crippen molar-refractivity contribution in [1.29, 1.82) is 0 Å². The summed E-state index contributed by atoms with van der Waals surface area (Å²) < 4.78 is 10.7. The summed E-state index contributed by atoms with van der Waals surface area (Å²) in [5, 5.41) is 6.90. The number of hydrogen-bond donors (Lipinski definition) is 1. The van der Waals surface area contributed by atoms with Crippen LogP contribution in [0.15, 0.2) is 28.8 Å². The molecule has 0 radical (unpaired) electrons. The van der Waals surface area contributed by atoms with Crippen LogP contribution in [0, 0.1) is 19.3 Å². The van der Waals surface area contributed by atoms with Crippen molar-refractivity contribution in [2.75, 3.05) is 6.61 Å². The standard InChI is InChI=1S/C19H22N2O3/c1-6-10-23-16-9-7-8-15(11-16)13(4)20-19(22)17-14(5)21-24-18(17)12(2)3/h1,7-9,11-13H,10H2,2-5H3,(H,20,22)/t13-/m1/s1. The van der Waals surface area contributed by atoms with Crippen LogP contribution in [-0.4, -0.2) is 17.7 Å². The molecule has 1 atom stereocenters. The molecule has 0 fully saturated rings. The molecule has 5 heteroatoms. The fourth-order valence-electron chi connectivity index (χ4n) is 2.41. The van der Waals surface area contributed by atoms with E-state index in [1.54, 1.807) is 6.92 Å². The molecule has 1 heterocycles. The molecule has 0 saturated carbocycles. The maximum Gasteiger partial charge on any atom is 0.257 e. The van der Waals surface area contributed by atoms with Crippen molar-refractivity contribution < 1.29 is 14.1 Å². The van der Waals surface area contributed by atoms with E-state index >= 15 is 0 Å². The van der Waals surface area contributed by atoms with Crippen molar-refractivity contribution in [2.45, 2.75) is 39.7 Å². The van der Waals surface area contributed by atoms with E-state index < -0.39 is 0 Å². The van der Waals surface area contributed by atoms with E-state index in [1.807, 2.05) is 45.0 Å². The largest absolute Gasteiger partial charge is 0.481 e. The monoisotopic (exact) mass is 326 g/mol. The minimum atomic E-state index is -0.195. The van der Waals surface area contributed by atoms with Crippen LogP contribution in [0.25, 0.3) is 0 Å². The van der Waals surface area contributed by atoms with Crippen LogP contribution >= 0.6 is 0 Å². The molecule has 0 spiro atoms. The first-order chi connectivity index (χ1) is 11.4. The second-order valence-corrected chi connectivity index (χ2v) is 5.92. The van der Waals surface area contributed by atoms with Crippen molar-refractivity contribution in [3.8, 4) is 18.1 Å². The summed E-state index contributed by atoms with van der Waals surface area (Å²) in [6.45, 7) is 7.82. The van der Waals surface area contributed by atoms with E-state index in [2.05, 4.69) is 16.4 Å². The lowest BCUT2D eigenvalue weighted by Gasteiger charge is -2.16. The van der Waals surface area contributed by atoms with E-state index in [9.17, 15) is 4.79 Å². The van der Waals surface area contributed by atoms with Gasteiger partial charge in [0.1, 0.15) is 17.9 Å². The Morgan fingerprint density at radius 1 is 1.42 bits per heavy atom. The highest BCUT2D eigenvalue weighted by Gasteiger charge is 2.23. The molecule has 0 aliphatic rings. The Morgan fingerprint density at radius 2 is 2.17 bits per heavy atom. The number of ether oxygens (including phenoxy) is 1. The number of nitrogens with one attached hydrogen (secondary N) is 1. The minimum absolute atomic E-state index is 0.0859. The third-order valence-electron chi connectivity index (χ3n) is 3.67. The fourth-order valence-corrected chi connectivity index (χ4v) is 2.41. The highest BCUT2D eigenvalue weighted by atomic mass is 16.5. The molecule has 0 aliphatic carbocycles. The van der Waals surface area contributed by atoms with Crippen LogP contribution in [0.4, 0.5) is 0 Å². The highest BCUT2D eigenvalue weighted by molar-refractivity contribution is 5.96. The predicted octanol–water partition coefficient (Wildman–Crippen LogP) is 3.61. The zero-order chi connectivity index (χ0) is 17.7. The van der Waals surface area contributed by atoms with Gasteiger partial charge in [0.25, 0.3) is 5.91 Å². The zero-order valence-corrected chi connectivity index (χ0v) is 14.4. The summed E-state index contributed by atoms with van der Waals surface area (Å²) in [7, 11) is 0. The van der Waals surface area contributed by atoms with Gasteiger partial charge >= 0.3 is 0 Å². The van der Waals surface area contributed by atoms with E-state index in [0.29, 0.717) is 22.8 Å². The fraction of sp³-hybridized carbons (Fsp3) is 0.368. The van der Waals surface area contributed by atoms with Crippen molar-refractivity contribution in [3.05, 3.63) is 46.8 Å². The molecule has 0 unspecified atom stereocenters. The number of carbonyl (C=O) groups is 1. The molecule has 1 N–H and O–H groups in total. The van der Waals surface area contributed by atoms with E-state index in [-0.39, 0.29) is 24.5 Å². The maximum atomic E-state index is 12.6. The Balaban J connectivity index is 2.15. The molecule has 0 bridgehead atoms. The van der Waals surface area contributed by atoms with Crippen LogP contribution in [-0.2, 0) is 0 Å². The van der Waals surface area contributed by atoms with Gasteiger partial charge in [-0.1, -0.05) is 37.1 Å². The third-order valence-corrected chi connectivity index (χ3v) is 3.67. The molecule has 2 aromatic rings. The SMILES string of the molecule is C#CCOc1cccc([C@@H](C)NC(=O)c2c(C)noc2C(C)C)c1. The molecule has 5 nitrogen and oxygen atoms in total. The Labute approximate surface area is 142 Å². The summed E-state index contributed by atoms with van der Waals surface area (Å²) >= 11 is 0. The Morgan fingerprint density at radius 3 is 2.83 bits per heavy atom. The van der Waals surface area contributed by atoms with Crippen molar-refractivity contribution in [2.24, 2.45) is 0 Å². The van der Waals surface area contributed by atoms with Gasteiger partial charge in [0.2, 0.25) is 0 Å². The molecular weight excluding hydrogens is 304 g/mol. The first-order valence-corrected chi connectivity index (χ1v) is 7.87. The van der Waals surface area contributed by atoms with E-state index in [4.69, 9.17) is 15.7 Å². The van der Waals surface area contributed by atoms with Gasteiger partial charge in [0.15, 0.2) is 5.76 Å². The Kier molecular flexibility index (Phi) is 5.64. The zero-order valence-electron chi connectivity index (χ0n) is 14.4. The number of aryl methyl sites for hydroxylation is 1. The number of benzene rings is 1. The second kappa shape index (κ2) is 7.69. The molecule has 1 amide bonds. The first kappa shape index (κ1) is 17.6. The number of terminal acetylenes is 1. The number of rotatable bonds is 6. The van der Waals surface area contributed by atoms with Crippen molar-refractivity contribution in [1.82, 2.24) is 10.5 Å². The number of hydrogen-bond acceptors (Lipinski definition) is 4. The molecule has 126 valence electrons. The van der Waals surface area contributed by atoms with Crippen molar-refractivity contribution >= 4 is 5.91 Å². The summed E-state index contributed by atoms with van der Waals surface area (Å²) in [5.41, 5.74) is 2.03. The smallest absolute Gasteiger partial charge is 0.257 e. The Hall–Kier alpha value is -2.74. The third kappa shape index (κ3) is 3.96. The molecule has 0 aliphatic heterocycles. The summed E-state index contributed by atoms with van der Waals surface area (Å²) in [5.74, 6) is 3.60. The van der Waals surface area contributed by atoms with E-state index in [1.165, 1.54) is 0 Å². The van der Waals surface area contributed by atoms with Crippen LogP contribution in [0.1, 0.15) is 60.1 Å². The molecule has 2 rings (SSSR count). The van der Waals surface area contributed by atoms with E-state index in [0.717, 1.165) is 5.56 Å². The van der Waals surface area contributed by atoms with Gasteiger partial charge in [-0.05, 0) is 31.5 Å².